The zero-order valence-corrected chi connectivity index (χ0v) is 17.1. The van der Waals surface area contributed by atoms with E-state index in [0.29, 0.717) is 24.6 Å². The summed E-state index contributed by atoms with van der Waals surface area (Å²) in [5, 5.41) is 7.18. The third-order valence-corrected chi connectivity index (χ3v) is 5.07. The van der Waals surface area contributed by atoms with E-state index in [4.69, 9.17) is 9.26 Å². The van der Waals surface area contributed by atoms with Crippen LogP contribution in [0, 0.1) is 5.92 Å². The number of benzene rings is 2. The molecule has 0 spiro atoms. The first kappa shape index (κ1) is 20.6. The van der Waals surface area contributed by atoms with E-state index in [9.17, 15) is 4.79 Å². The normalized spacial score (nSPS) is 12.9. The van der Waals surface area contributed by atoms with Gasteiger partial charge in [-0.15, -0.1) is 0 Å². The van der Waals surface area contributed by atoms with Gasteiger partial charge in [-0.25, -0.2) is 0 Å². The van der Waals surface area contributed by atoms with Gasteiger partial charge in [0.05, 0.1) is 7.11 Å². The first-order valence-electron chi connectivity index (χ1n) is 9.92. The van der Waals surface area contributed by atoms with Crippen molar-refractivity contribution >= 4 is 5.91 Å². The Morgan fingerprint density at radius 3 is 2.52 bits per heavy atom. The quantitative estimate of drug-likeness (QED) is 0.576. The molecule has 0 aliphatic rings. The number of hydrogen-bond acceptors (Lipinski definition) is 5. The van der Waals surface area contributed by atoms with Crippen molar-refractivity contribution in [1.82, 2.24) is 15.5 Å². The van der Waals surface area contributed by atoms with Crippen LogP contribution in [0.25, 0.3) is 11.4 Å². The van der Waals surface area contributed by atoms with Crippen molar-refractivity contribution < 1.29 is 14.1 Å². The molecule has 3 aromatic rings. The van der Waals surface area contributed by atoms with Crippen molar-refractivity contribution in [2.24, 2.45) is 5.92 Å². The molecule has 0 bridgehead atoms. The molecule has 1 N–H and O–H groups in total. The van der Waals surface area contributed by atoms with Crippen LogP contribution in [0.15, 0.2) is 59.1 Å². The van der Waals surface area contributed by atoms with Gasteiger partial charge in [0, 0.05) is 12.0 Å². The summed E-state index contributed by atoms with van der Waals surface area (Å²) in [6.45, 7) is 4.15. The minimum absolute atomic E-state index is 0.0247. The molecule has 0 saturated heterocycles. The molecule has 0 aliphatic carbocycles. The fourth-order valence-electron chi connectivity index (χ4n) is 3.05. The highest BCUT2D eigenvalue weighted by Gasteiger charge is 2.26. The first-order valence-corrected chi connectivity index (χ1v) is 9.92. The molecule has 0 unspecified atom stereocenters. The van der Waals surface area contributed by atoms with Gasteiger partial charge in [0.15, 0.2) is 0 Å². The summed E-state index contributed by atoms with van der Waals surface area (Å²) in [5.74, 6) is 1.83. The Morgan fingerprint density at radius 1 is 1.14 bits per heavy atom. The number of carbonyl (C=O) groups is 1. The van der Waals surface area contributed by atoms with E-state index >= 15 is 0 Å². The highest BCUT2D eigenvalue weighted by atomic mass is 16.5. The number of rotatable bonds is 9. The Bertz CT molecular complexity index is 907. The molecule has 6 heteroatoms. The van der Waals surface area contributed by atoms with E-state index in [-0.39, 0.29) is 17.9 Å². The summed E-state index contributed by atoms with van der Waals surface area (Å²) in [7, 11) is 1.62. The lowest BCUT2D eigenvalue weighted by Gasteiger charge is -2.20. The van der Waals surface area contributed by atoms with Crippen LogP contribution >= 0.6 is 0 Å². The summed E-state index contributed by atoms with van der Waals surface area (Å²) < 4.78 is 10.7. The number of carbonyl (C=O) groups excluding carboxylic acids is 1. The molecular formula is C23H27N3O3. The number of amides is 1. The van der Waals surface area contributed by atoms with Crippen LogP contribution in [-0.2, 0) is 11.2 Å². The molecule has 1 heterocycles. The van der Waals surface area contributed by atoms with Crippen LogP contribution in [-0.4, -0.2) is 23.2 Å². The average Bonchev–Trinajstić information content (AvgIpc) is 3.26. The smallest absolute Gasteiger partial charge is 0.249 e. The van der Waals surface area contributed by atoms with E-state index in [1.54, 1.807) is 7.11 Å². The predicted molar refractivity (Wildman–Crippen MR) is 111 cm³/mol. The Hall–Kier alpha value is -3.15. The highest BCUT2D eigenvalue weighted by Crippen LogP contribution is 2.26. The molecule has 0 fully saturated rings. The van der Waals surface area contributed by atoms with E-state index in [0.717, 1.165) is 23.3 Å². The van der Waals surface area contributed by atoms with Gasteiger partial charge in [0.25, 0.3) is 0 Å². The number of nitrogens with zero attached hydrogens (tertiary/aromatic N) is 2. The van der Waals surface area contributed by atoms with Gasteiger partial charge in [-0.3, -0.25) is 4.79 Å². The molecule has 3 rings (SSSR count). The van der Waals surface area contributed by atoms with Crippen molar-refractivity contribution in [3.8, 4) is 17.1 Å². The molecule has 2 aromatic carbocycles. The molecule has 2 atom stereocenters. The Kier molecular flexibility index (Phi) is 7.00. The maximum absolute atomic E-state index is 12.6. The maximum atomic E-state index is 12.6. The van der Waals surface area contributed by atoms with Crippen LogP contribution in [0.4, 0.5) is 0 Å². The fourth-order valence-corrected chi connectivity index (χ4v) is 3.05. The van der Waals surface area contributed by atoms with E-state index < -0.39 is 0 Å². The van der Waals surface area contributed by atoms with Gasteiger partial charge in [0.1, 0.15) is 11.8 Å². The summed E-state index contributed by atoms with van der Waals surface area (Å²) in [6.07, 6.45) is 1.99. The lowest BCUT2D eigenvalue weighted by atomic mass is 9.98. The van der Waals surface area contributed by atoms with Crippen molar-refractivity contribution in [1.29, 1.82) is 0 Å². The maximum Gasteiger partial charge on any atom is 0.249 e. The fraction of sp³-hybridized carbons (Fsp3) is 0.348. The molecule has 0 radical (unpaired) electrons. The van der Waals surface area contributed by atoms with Gasteiger partial charge >= 0.3 is 0 Å². The third-order valence-electron chi connectivity index (χ3n) is 5.07. The molecule has 1 amide bonds. The number of nitrogens with one attached hydrogen (secondary N) is 1. The second-order valence-electron chi connectivity index (χ2n) is 7.10. The summed E-state index contributed by atoms with van der Waals surface area (Å²) in [6, 6.07) is 17.1. The van der Waals surface area contributed by atoms with Crippen LogP contribution in [0.2, 0.25) is 0 Å². The van der Waals surface area contributed by atoms with Crippen molar-refractivity contribution in [3.63, 3.8) is 0 Å². The largest absolute Gasteiger partial charge is 0.497 e. The van der Waals surface area contributed by atoms with Crippen LogP contribution in [0.1, 0.15) is 44.2 Å². The SMILES string of the molecule is CC[C@@H](C)[C@H](NC(=O)CCc1ccccc1)c1nc(-c2ccc(OC)cc2)no1. The summed E-state index contributed by atoms with van der Waals surface area (Å²) in [4.78, 5) is 17.1. The Labute approximate surface area is 171 Å². The Morgan fingerprint density at radius 2 is 1.86 bits per heavy atom. The van der Waals surface area contributed by atoms with Crippen molar-refractivity contribution in [2.75, 3.05) is 7.11 Å². The molecule has 6 nitrogen and oxygen atoms in total. The van der Waals surface area contributed by atoms with E-state index in [1.807, 2.05) is 54.6 Å². The molecule has 0 aliphatic heterocycles. The van der Waals surface area contributed by atoms with Gasteiger partial charge in [0.2, 0.25) is 17.6 Å². The van der Waals surface area contributed by atoms with Crippen LogP contribution < -0.4 is 10.1 Å². The molecular weight excluding hydrogens is 366 g/mol. The number of ether oxygens (including phenoxy) is 1. The number of aromatic nitrogens is 2. The topological polar surface area (TPSA) is 77.2 Å². The lowest BCUT2D eigenvalue weighted by molar-refractivity contribution is -0.122. The van der Waals surface area contributed by atoms with Gasteiger partial charge in [-0.1, -0.05) is 55.8 Å². The number of hydrogen-bond donors (Lipinski definition) is 1. The van der Waals surface area contributed by atoms with Crippen molar-refractivity contribution in [2.45, 2.75) is 39.2 Å². The van der Waals surface area contributed by atoms with Gasteiger partial charge in [-0.2, -0.15) is 4.98 Å². The van der Waals surface area contributed by atoms with Gasteiger partial charge in [-0.05, 0) is 42.2 Å². The predicted octanol–water partition coefficient (Wildman–Crippen LogP) is 4.58. The molecule has 29 heavy (non-hydrogen) atoms. The standard InChI is InChI=1S/C23H27N3O3/c1-4-16(2)21(24-20(27)15-10-17-8-6-5-7-9-17)23-25-22(26-29-23)18-11-13-19(28-3)14-12-18/h5-9,11-14,16,21H,4,10,15H2,1-3H3,(H,24,27)/t16-,21+/m1/s1. The second-order valence-corrected chi connectivity index (χ2v) is 7.10. The summed E-state index contributed by atoms with van der Waals surface area (Å²) in [5.41, 5.74) is 1.97. The zero-order chi connectivity index (χ0) is 20.6. The molecule has 0 saturated carbocycles. The Balaban J connectivity index is 1.69. The third kappa shape index (κ3) is 5.44. The highest BCUT2D eigenvalue weighted by molar-refractivity contribution is 5.76. The monoisotopic (exact) mass is 393 g/mol. The first-order chi connectivity index (χ1) is 14.1. The second kappa shape index (κ2) is 9.87. The zero-order valence-electron chi connectivity index (χ0n) is 17.1. The number of aryl methyl sites for hydroxylation is 1. The summed E-state index contributed by atoms with van der Waals surface area (Å²) >= 11 is 0. The minimum Gasteiger partial charge on any atom is -0.497 e. The van der Waals surface area contributed by atoms with Gasteiger partial charge < -0.3 is 14.6 Å². The van der Waals surface area contributed by atoms with Crippen molar-refractivity contribution in [3.05, 3.63) is 66.1 Å². The minimum atomic E-state index is -0.317. The number of methoxy groups -OCH3 is 1. The average molecular weight is 393 g/mol. The molecule has 1 aromatic heterocycles. The van der Waals surface area contributed by atoms with E-state index in [2.05, 4.69) is 29.3 Å². The van der Waals surface area contributed by atoms with Crippen LogP contribution in [0.5, 0.6) is 5.75 Å². The van der Waals surface area contributed by atoms with Crippen LogP contribution in [0.3, 0.4) is 0 Å². The lowest BCUT2D eigenvalue weighted by Crippen LogP contribution is -2.32. The molecule has 152 valence electrons. The van der Waals surface area contributed by atoms with E-state index in [1.165, 1.54) is 0 Å².